The molecule has 1 amide bonds. The first-order valence-corrected chi connectivity index (χ1v) is 15.2. The standard InChI is InChI=1S/C29H38FN3O3S/c30-26-6-8-28(9-7-26)37(35,36)33-20-14-27(15-21-33)31-18-12-25(13-19-31)29(34)32-16-10-24(11-17-32)22-23-4-2-1-3-5-23/h1-9,24-25,27H,10-22H2. The maximum Gasteiger partial charge on any atom is 0.243 e. The molecule has 5 rings (SSSR count). The lowest BCUT2D eigenvalue weighted by Crippen LogP contribution is -2.51. The number of hydrogen-bond donors (Lipinski definition) is 0. The van der Waals surface area contributed by atoms with Crippen LogP contribution in [0.2, 0.25) is 0 Å². The summed E-state index contributed by atoms with van der Waals surface area (Å²) in [7, 11) is -3.59. The fourth-order valence-corrected chi connectivity index (χ4v) is 7.75. The van der Waals surface area contributed by atoms with Gasteiger partial charge in [0.15, 0.2) is 0 Å². The summed E-state index contributed by atoms with van der Waals surface area (Å²) in [5, 5.41) is 0. The average molecular weight is 528 g/mol. The molecule has 2 aromatic carbocycles. The number of piperidine rings is 3. The smallest absolute Gasteiger partial charge is 0.243 e. The first kappa shape index (κ1) is 26.3. The van der Waals surface area contributed by atoms with Crippen LogP contribution >= 0.6 is 0 Å². The minimum Gasteiger partial charge on any atom is -0.342 e. The van der Waals surface area contributed by atoms with Gasteiger partial charge in [-0.2, -0.15) is 4.31 Å². The third-order valence-corrected chi connectivity index (χ3v) is 10.5. The molecule has 2 aromatic rings. The van der Waals surface area contributed by atoms with E-state index < -0.39 is 15.8 Å². The van der Waals surface area contributed by atoms with Crippen LogP contribution in [0.25, 0.3) is 0 Å². The van der Waals surface area contributed by atoms with E-state index >= 15 is 0 Å². The van der Waals surface area contributed by atoms with Gasteiger partial charge < -0.3 is 9.80 Å². The Bertz CT molecular complexity index is 1130. The molecular weight excluding hydrogens is 489 g/mol. The molecule has 8 heteroatoms. The third-order valence-electron chi connectivity index (χ3n) is 8.56. The molecule has 0 aromatic heterocycles. The quantitative estimate of drug-likeness (QED) is 0.566. The van der Waals surface area contributed by atoms with Crippen LogP contribution in [-0.4, -0.2) is 73.7 Å². The van der Waals surface area contributed by atoms with Gasteiger partial charge in [-0.25, -0.2) is 12.8 Å². The fraction of sp³-hybridized carbons (Fsp3) is 0.552. The van der Waals surface area contributed by atoms with Crippen molar-refractivity contribution in [3.8, 4) is 0 Å². The minimum atomic E-state index is -3.59. The second kappa shape index (κ2) is 11.6. The Kier molecular flexibility index (Phi) is 8.27. The number of hydrogen-bond acceptors (Lipinski definition) is 4. The third kappa shape index (κ3) is 6.24. The maximum absolute atomic E-state index is 13.2. The maximum atomic E-state index is 13.2. The summed E-state index contributed by atoms with van der Waals surface area (Å²) in [6, 6.07) is 16.0. The number of rotatable bonds is 6. The molecule has 3 aliphatic heterocycles. The molecule has 0 N–H and O–H groups in total. The van der Waals surface area contributed by atoms with E-state index in [-0.39, 0.29) is 10.8 Å². The Balaban J connectivity index is 1.05. The number of carbonyl (C=O) groups excluding carboxylic acids is 1. The van der Waals surface area contributed by atoms with Gasteiger partial charge in [0.25, 0.3) is 0 Å². The molecule has 0 radical (unpaired) electrons. The van der Waals surface area contributed by atoms with Crippen molar-refractivity contribution in [2.75, 3.05) is 39.3 Å². The summed E-state index contributed by atoms with van der Waals surface area (Å²) >= 11 is 0. The van der Waals surface area contributed by atoms with Crippen LogP contribution in [0.5, 0.6) is 0 Å². The molecule has 37 heavy (non-hydrogen) atoms. The topological polar surface area (TPSA) is 60.9 Å². The van der Waals surface area contributed by atoms with Gasteiger partial charge in [0.05, 0.1) is 4.90 Å². The average Bonchev–Trinajstić information content (AvgIpc) is 2.94. The van der Waals surface area contributed by atoms with Gasteiger partial charge in [0, 0.05) is 38.1 Å². The van der Waals surface area contributed by atoms with Crippen molar-refractivity contribution in [2.45, 2.75) is 55.9 Å². The SMILES string of the molecule is O=C(C1CCN(C2CCN(S(=O)(=O)c3ccc(F)cc3)CC2)CC1)N1CCC(Cc2ccccc2)CC1. The number of halogens is 1. The monoisotopic (exact) mass is 527 g/mol. The highest BCUT2D eigenvalue weighted by Gasteiger charge is 2.35. The molecule has 3 heterocycles. The summed E-state index contributed by atoms with van der Waals surface area (Å²) in [6.07, 6.45) is 6.61. The zero-order chi connectivity index (χ0) is 25.8. The largest absolute Gasteiger partial charge is 0.342 e. The van der Waals surface area contributed by atoms with Gasteiger partial charge in [-0.15, -0.1) is 0 Å². The van der Waals surface area contributed by atoms with Crippen molar-refractivity contribution in [3.05, 3.63) is 66.0 Å². The fourth-order valence-electron chi connectivity index (χ4n) is 6.28. The molecule has 3 fully saturated rings. The molecule has 0 atom stereocenters. The number of benzene rings is 2. The van der Waals surface area contributed by atoms with E-state index in [0.717, 1.165) is 71.1 Å². The van der Waals surface area contributed by atoms with E-state index in [9.17, 15) is 17.6 Å². The summed E-state index contributed by atoms with van der Waals surface area (Å²) in [6.45, 7) is 4.49. The van der Waals surface area contributed by atoms with Crippen molar-refractivity contribution >= 4 is 15.9 Å². The Labute approximate surface area is 220 Å². The van der Waals surface area contributed by atoms with Crippen molar-refractivity contribution in [1.29, 1.82) is 0 Å². The second-order valence-corrected chi connectivity index (χ2v) is 12.8. The molecular formula is C29H38FN3O3S. The number of amides is 1. The number of sulfonamides is 1. The van der Waals surface area contributed by atoms with Crippen LogP contribution in [0.3, 0.4) is 0 Å². The molecule has 3 saturated heterocycles. The van der Waals surface area contributed by atoms with Gasteiger partial charge in [-0.3, -0.25) is 4.79 Å². The first-order valence-electron chi connectivity index (χ1n) is 13.7. The summed E-state index contributed by atoms with van der Waals surface area (Å²) in [5.41, 5.74) is 1.39. The highest BCUT2D eigenvalue weighted by molar-refractivity contribution is 7.89. The van der Waals surface area contributed by atoms with E-state index in [4.69, 9.17) is 0 Å². The molecule has 0 bridgehead atoms. The molecule has 6 nitrogen and oxygen atoms in total. The van der Waals surface area contributed by atoms with Gasteiger partial charge in [0.1, 0.15) is 5.82 Å². The van der Waals surface area contributed by atoms with Crippen LogP contribution in [-0.2, 0) is 21.2 Å². The van der Waals surface area contributed by atoms with Crippen molar-refractivity contribution < 1.29 is 17.6 Å². The molecule has 3 aliphatic rings. The van der Waals surface area contributed by atoms with Crippen molar-refractivity contribution in [1.82, 2.24) is 14.1 Å². The predicted molar refractivity (Wildman–Crippen MR) is 142 cm³/mol. The summed E-state index contributed by atoms with van der Waals surface area (Å²) in [5.74, 6) is 0.664. The Hall–Kier alpha value is -2.29. The zero-order valence-corrected chi connectivity index (χ0v) is 22.3. The number of carbonyl (C=O) groups is 1. The van der Waals surface area contributed by atoms with Crippen molar-refractivity contribution in [2.24, 2.45) is 11.8 Å². The Morgan fingerprint density at radius 2 is 1.41 bits per heavy atom. The van der Waals surface area contributed by atoms with Gasteiger partial charge >= 0.3 is 0 Å². The second-order valence-electron chi connectivity index (χ2n) is 10.9. The van der Waals surface area contributed by atoms with Gasteiger partial charge in [-0.05, 0) is 93.8 Å². The van der Waals surface area contributed by atoms with Crippen LogP contribution in [0.15, 0.2) is 59.5 Å². The Morgan fingerprint density at radius 3 is 2.03 bits per heavy atom. The lowest BCUT2D eigenvalue weighted by molar-refractivity contribution is -0.138. The zero-order valence-electron chi connectivity index (χ0n) is 21.5. The van der Waals surface area contributed by atoms with E-state index in [0.29, 0.717) is 31.0 Å². The van der Waals surface area contributed by atoms with E-state index in [1.54, 1.807) is 0 Å². The van der Waals surface area contributed by atoms with E-state index in [1.165, 1.54) is 34.1 Å². The molecule has 0 unspecified atom stereocenters. The molecule has 0 spiro atoms. The minimum absolute atomic E-state index is 0.112. The lowest BCUT2D eigenvalue weighted by atomic mass is 9.88. The van der Waals surface area contributed by atoms with Gasteiger partial charge in [0.2, 0.25) is 15.9 Å². The van der Waals surface area contributed by atoms with Crippen LogP contribution in [0, 0.1) is 17.7 Å². The van der Waals surface area contributed by atoms with E-state index in [1.807, 2.05) is 0 Å². The lowest BCUT2D eigenvalue weighted by Gasteiger charge is -2.42. The molecule has 0 aliphatic carbocycles. The highest BCUT2D eigenvalue weighted by atomic mass is 32.2. The molecule has 0 saturated carbocycles. The first-order chi connectivity index (χ1) is 17.9. The van der Waals surface area contributed by atoms with E-state index in [2.05, 4.69) is 40.1 Å². The highest BCUT2D eigenvalue weighted by Crippen LogP contribution is 2.29. The normalized spacial score (nSPS) is 21.8. The number of likely N-dealkylation sites (tertiary alicyclic amines) is 2. The van der Waals surface area contributed by atoms with Crippen LogP contribution in [0.1, 0.15) is 44.1 Å². The van der Waals surface area contributed by atoms with Gasteiger partial charge in [-0.1, -0.05) is 30.3 Å². The Morgan fingerprint density at radius 1 is 0.784 bits per heavy atom. The number of nitrogens with zero attached hydrogens (tertiary/aromatic N) is 3. The van der Waals surface area contributed by atoms with Crippen molar-refractivity contribution in [3.63, 3.8) is 0 Å². The van der Waals surface area contributed by atoms with Crippen LogP contribution < -0.4 is 0 Å². The van der Waals surface area contributed by atoms with Crippen LogP contribution in [0.4, 0.5) is 4.39 Å². The summed E-state index contributed by atoms with van der Waals surface area (Å²) in [4.78, 5) is 17.9. The molecule has 200 valence electrons. The summed E-state index contributed by atoms with van der Waals surface area (Å²) < 4.78 is 40.5. The predicted octanol–water partition coefficient (Wildman–Crippen LogP) is 4.17.